The van der Waals surface area contributed by atoms with Crippen LogP contribution in [0.1, 0.15) is 37.1 Å². The molecule has 0 amide bonds. The lowest BCUT2D eigenvalue weighted by atomic mass is 9.93. The number of hydrogen-bond donors (Lipinski definition) is 1. The molecule has 94 valence electrons. The predicted octanol–water partition coefficient (Wildman–Crippen LogP) is 1.70. The lowest BCUT2D eigenvalue weighted by Gasteiger charge is -2.20. The summed E-state index contributed by atoms with van der Waals surface area (Å²) in [6.07, 6.45) is 8.81. The van der Waals surface area contributed by atoms with E-state index in [1.165, 1.54) is 0 Å². The zero-order valence-corrected chi connectivity index (χ0v) is 10.5. The fourth-order valence-corrected chi connectivity index (χ4v) is 2.37. The highest BCUT2D eigenvalue weighted by molar-refractivity contribution is 5.52. The fourth-order valence-electron chi connectivity index (χ4n) is 2.37. The summed E-state index contributed by atoms with van der Waals surface area (Å²) in [5.41, 5.74) is 9.24. The van der Waals surface area contributed by atoms with Crippen molar-refractivity contribution in [1.29, 1.82) is 0 Å². The summed E-state index contributed by atoms with van der Waals surface area (Å²) < 4.78 is 1.88. The first-order valence-electron chi connectivity index (χ1n) is 6.42. The molecule has 0 aromatic carbocycles. The largest absolute Gasteiger partial charge is 0.324 e. The molecule has 2 aromatic heterocycles. The third kappa shape index (κ3) is 1.90. The molecule has 1 unspecified atom stereocenters. The fraction of sp³-hybridized carbons (Fsp3) is 0.462. The predicted molar refractivity (Wildman–Crippen MR) is 68.8 cm³/mol. The van der Waals surface area contributed by atoms with Gasteiger partial charge < -0.3 is 5.73 Å². The van der Waals surface area contributed by atoms with Crippen molar-refractivity contribution < 1.29 is 0 Å². The molecule has 2 heterocycles. The van der Waals surface area contributed by atoms with E-state index in [1.54, 1.807) is 0 Å². The van der Waals surface area contributed by atoms with Crippen LogP contribution in [-0.2, 0) is 13.0 Å². The van der Waals surface area contributed by atoms with Crippen LogP contribution in [0.4, 0.5) is 0 Å². The second kappa shape index (κ2) is 4.49. The van der Waals surface area contributed by atoms with Crippen molar-refractivity contribution in [2.75, 3.05) is 0 Å². The zero-order valence-electron chi connectivity index (χ0n) is 10.5. The van der Waals surface area contributed by atoms with Gasteiger partial charge in [-0.15, -0.1) is 0 Å². The Morgan fingerprint density at radius 3 is 3.11 bits per heavy atom. The first-order chi connectivity index (χ1) is 8.78. The minimum Gasteiger partial charge on any atom is -0.324 e. The smallest absolute Gasteiger partial charge is 0.162 e. The molecule has 0 saturated heterocycles. The Morgan fingerprint density at radius 2 is 2.33 bits per heavy atom. The van der Waals surface area contributed by atoms with Crippen LogP contribution in [-0.4, -0.2) is 19.7 Å². The molecule has 2 aromatic rings. The molecule has 1 atom stereocenters. The molecule has 3 rings (SSSR count). The van der Waals surface area contributed by atoms with Crippen LogP contribution >= 0.6 is 0 Å². The maximum atomic E-state index is 6.06. The lowest BCUT2D eigenvalue weighted by Crippen LogP contribution is -2.19. The van der Waals surface area contributed by atoms with Gasteiger partial charge in [-0.2, -0.15) is 5.10 Å². The molecule has 5 heteroatoms. The van der Waals surface area contributed by atoms with Gasteiger partial charge in [-0.1, -0.05) is 0 Å². The Labute approximate surface area is 106 Å². The van der Waals surface area contributed by atoms with E-state index in [0.717, 1.165) is 48.5 Å². The van der Waals surface area contributed by atoms with E-state index in [9.17, 15) is 0 Å². The molecule has 0 saturated carbocycles. The van der Waals surface area contributed by atoms with Crippen LogP contribution in [0, 0.1) is 0 Å². The topological polar surface area (TPSA) is 69.6 Å². The molecule has 0 spiro atoms. The first-order valence-corrected chi connectivity index (χ1v) is 6.42. The van der Waals surface area contributed by atoms with Gasteiger partial charge in [0.25, 0.3) is 0 Å². The average Bonchev–Trinajstić information content (AvgIpc) is 2.87. The average molecular weight is 243 g/mol. The molecular weight excluding hydrogens is 226 g/mol. The molecule has 0 radical (unpaired) electrons. The highest BCUT2D eigenvalue weighted by Crippen LogP contribution is 2.27. The standard InChI is InChI=1S/C13H17N5/c1-2-18-8-9(6-16-18)13-15-7-10-11(14)4-3-5-12(10)17-13/h6-8,11H,2-5,14H2,1H3. The highest BCUT2D eigenvalue weighted by Gasteiger charge is 2.19. The lowest BCUT2D eigenvalue weighted by molar-refractivity contribution is 0.557. The number of nitrogens with zero attached hydrogens (tertiary/aromatic N) is 4. The van der Waals surface area contributed by atoms with E-state index >= 15 is 0 Å². The first kappa shape index (κ1) is 11.3. The number of aryl methyl sites for hydroxylation is 2. The monoisotopic (exact) mass is 243 g/mol. The maximum absolute atomic E-state index is 6.06. The Balaban J connectivity index is 1.99. The quantitative estimate of drug-likeness (QED) is 0.871. The SMILES string of the molecule is CCn1cc(-c2ncc3c(n2)CCCC3N)cn1. The van der Waals surface area contributed by atoms with Crippen molar-refractivity contribution >= 4 is 0 Å². The minimum atomic E-state index is 0.0983. The Bertz CT molecular complexity index is 560. The van der Waals surface area contributed by atoms with E-state index in [-0.39, 0.29) is 6.04 Å². The number of hydrogen-bond acceptors (Lipinski definition) is 4. The Hall–Kier alpha value is -1.75. The molecule has 1 aliphatic carbocycles. The van der Waals surface area contributed by atoms with Gasteiger partial charge in [0.1, 0.15) is 0 Å². The van der Waals surface area contributed by atoms with Crippen molar-refractivity contribution in [1.82, 2.24) is 19.7 Å². The Kier molecular flexibility index (Phi) is 2.83. The van der Waals surface area contributed by atoms with E-state index in [0.29, 0.717) is 0 Å². The van der Waals surface area contributed by atoms with Crippen molar-refractivity contribution in [2.45, 2.75) is 38.8 Å². The molecule has 2 N–H and O–H groups in total. The van der Waals surface area contributed by atoms with Gasteiger partial charge in [0, 0.05) is 36.2 Å². The third-order valence-corrected chi connectivity index (χ3v) is 3.44. The molecule has 1 aliphatic rings. The number of fused-ring (bicyclic) bond motifs is 1. The van der Waals surface area contributed by atoms with E-state index in [4.69, 9.17) is 5.73 Å². The summed E-state index contributed by atoms with van der Waals surface area (Å²) in [4.78, 5) is 9.05. The van der Waals surface area contributed by atoms with Gasteiger partial charge in [-0.25, -0.2) is 9.97 Å². The number of nitrogens with two attached hydrogens (primary N) is 1. The summed E-state index contributed by atoms with van der Waals surface area (Å²) in [6.45, 7) is 2.92. The van der Waals surface area contributed by atoms with Crippen LogP contribution < -0.4 is 5.73 Å². The maximum Gasteiger partial charge on any atom is 0.162 e. The summed E-state index contributed by atoms with van der Waals surface area (Å²) in [7, 11) is 0. The molecule has 0 fully saturated rings. The summed E-state index contributed by atoms with van der Waals surface area (Å²) >= 11 is 0. The molecular formula is C13H17N5. The molecule has 0 aliphatic heterocycles. The van der Waals surface area contributed by atoms with Crippen molar-refractivity contribution in [3.05, 3.63) is 29.8 Å². The number of aromatic nitrogens is 4. The van der Waals surface area contributed by atoms with Gasteiger partial charge in [0.15, 0.2) is 5.82 Å². The van der Waals surface area contributed by atoms with Gasteiger partial charge in [0.05, 0.1) is 11.8 Å². The second-order valence-corrected chi connectivity index (χ2v) is 4.68. The van der Waals surface area contributed by atoms with Gasteiger partial charge >= 0.3 is 0 Å². The third-order valence-electron chi connectivity index (χ3n) is 3.44. The number of rotatable bonds is 2. The van der Waals surface area contributed by atoms with Gasteiger partial charge in [0.2, 0.25) is 0 Å². The van der Waals surface area contributed by atoms with Crippen LogP contribution in [0.3, 0.4) is 0 Å². The van der Waals surface area contributed by atoms with Crippen LogP contribution in [0.2, 0.25) is 0 Å². The van der Waals surface area contributed by atoms with Crippen LogP contribution in [0.25, 0.3) is 11.4 Å². The van der Waals surface area contributed by atoms with Crippen molar-refractivity contribution in [3.63, 3.8) is 0 Å². The second-order valence-electron chi connectivity index (χ2n) is 4.68. The van der Waals surface area contributed by atoms with Crippen LogP contribution in [0.5, 0.6) is 0 Å². The van der Waals surface area contributed by atoms with E-state index < -0.39 is 0 Å². The Morgan fingerprint density at radius 1 is 1.44 bits per heavy atom. The zero-order chi connectivity index (χ0) is 12.5. The molecule has 0 bridgehead atoms. The summed E-state index contributed by atoms with van der Waals surface area (Å²) in [5, 5.41) is 4.25. The summed E-state index contributed by atoms with van der Waals surface area (Å²) in [6, 6.07) is 0.0983. The highest BCUT2D eigenvalue weighted by atomic mass is 15.3. The minimum absolute atomic E-state index is 0.0983. The van der Waals surface area contributed by atoms with Gasteiger partial charge in [-0.05, 0) is 26.2 Å². The van der Waals surface area contributed by atoms with Crippen LogP contribution in [0.15, 0.2) is 18.6 Å². The molecule has 18 heavy (non-hydrogen) atoms. The molecule has 5 nitrogen and oxygen atoms in total. The summed E-state index contributed by atoms with van der Waals surface area (Å²) in [5.74, 6) is 0.752. The normalized spacial score (nSPS) is 18.7. The van der Waals surface area contributed by atoms with Crippen molar-refractivity contribution in [2.24, 2.45) is 5.73 Å². The van der Waals surface area contributed by atoms with Crippen molar-refractivity contribution in [3.8, 4) is 11.4 Å². The van der Waals surface area contributed by atoms with E-state index in [2.05, 4.69) is 22.0 Å². The van der Waals surface area contributed by atoms with E-state index in [1.807, 2.05) is 23.3 Å². The van der Waals surface area contributed by atoms with Gasteiger partial charge in [-0.3, -0.25) is 4.68 Å².